The summed E-state index contributed by atoms with van der Waals surface area (Å²) in [6, 6.07) is 8.60. The Morgan fingerprint density at radius 2 is 1.56 bits per heavy atom. The lowest BCUT2D eigenvalue weighted by Crippen LogP contribution is -2.52. The van der Waals surface area contributed by atoms with Crippen LogP contribution in [0.15, 0.2) is 36.4 Å². The van der Waals surface area contributed by atoms with Crippen molar-refractivity contribution in [2.75, 3.05) is 23.7 Å². The van der Waals surface area contributed by atoms with Crippen molar-refractivity contribution >= 4 is 73.9 Å². The minimum atomic E-state index is -3.97. The van der Waals surface area contributed by atoms with Crippen LogP contribution in [0.25, 0.3) is 0 Å². The zero-order chi connectivity index (χ0) is 27.2. The summed E-state index contributed by atoms with van der Waals surface area (Å²) in [4.78, 5) is 28.1. The van der Waals surface area contributed by atoms with Gasteiger partial charge < -0.3 is 10.2 Å². The molecule has 0 heterocycles. The summed E-state index contributed by atoms with van der Waals surface area (Å²) in [6.07, 6.45) is 1.27. The van der Waals surface area contributed by atoms with Gasteiger partial charge in [-0.1, -0.05) is 79.3 Å². The number of benzene rings is 2. The maximum atomic E-state index is 13.7. The first kappa shape index (κ1) is 30.5. The number of amides is 2. The summed E-state index contributed by atoms with van der Waals surface area (Å²) in [5.41, 5.74) is 0.729. The van der Waals surface area contributed by atoms with Gasteiger partial charge in [0, 0.05) is 18.1 Å². The molecule has 2 amide bonds. The van der Waals surface area contributed by atoms with Crippen LogP contribution >= 0.6 is 46.4 Å². The number of rotatable bonds is 11. The summed E-state index contributed by atoms with van der Waals surface area (Å²) in [6.45, 7) is 5.61. The number of halogens is 4. The molecule has 0 saturated carbocycles. The molecule has 0 aromatic heterocycles. The van der Waals surface area contributed by atoms with Crippen LogP contribution in [0.1, 0.15) is 32.8 Å². The molecule has 0 radical (unpaired) electrons. The van der Waals surface area contributed by atoms with E-state index in [0.29, 0.717) is 18.0 Å². The van der Waals surface area contributed by atoms with Crippen molar-refractivity contribution in [3.63, 3.8) is 0 Å². The van der Waals surface area contributed by atoms with E-state index in [9.17, 15) is 18.0 Å². The number of hydrogen-bond acceptors (Lipinski definition) is 4. The van der Waals surface area contributed by atoms with Crippen molar-refractivity contribution in [2.45, 2.75) is 39.8 Å². The number of nitrogens with zero attached hydrogens (tertiary/aromatic N) is 2. The largest absolute Gasteiger partial charge is 0.354 e. The van der Waals surface area contributed by atoms with E-state index in [1.165, 1.54) is 17.0 Å². The SMILES string of the molecule is CCC(C(=O)NCC(C)C)N(Cc1ccc(Cl)cc1)C(=O)CN(c1cc(Cl)c(Cl)cc1Cl)S(C)(=O)=O. The summed E-state index contributed by atoms with van der Waals surface area (Å²) in [5.74, 6) is -0.708. The molecule has 36 heavy (non-hydrogen) atoms. The van der Waals surface area contributed by atoms with Crippen LogP contribution in [0, 0.1) is 5.92 Å². The Morgan fingerprint density at radius 1 is 0.972 bits per heavy atom. The molecular weight excluding hydrogens is 568 g/mol. The van der Waals surface area contributed by atoms with Gasteiger partial charge in [-0.2, -0.15) is 0 Å². The second-order valence-corrected chi connectivity index (χ2v) is 12.3. The van der Waals surface area contributed by atoms with E-state index in [2.05, 4.69) is 5.32 Å². The molecular formula is C24H29Cl4N3O4S. The van der Waals surface area contributed by atoms with E-state index in [1.54, 1.807) is 31.2 Å². The highest BCUT2D eigenvalue weighted by Crippen LogP contribution is 2.35. The summed E-state index contributed by atoms with van der Waals surface area (Å²) in [5, 5.41) is 3.61. The molecule has 12 heteroatoms. The molecule has 0 spiro atoms. The first-order valence-electron chi connectivity index (χ1n) is 11.2. The fourth-order valence-electron chi connectivity index (χ4n) is 3.43. The third-order valence-corrected chi connectivity index (χ3v) is 7.68. The van der Waals surface area contributed by atoms with E-state index in [0.717, 1.165) is 16.1 Å². The molecule has 2 aromatic carbocycles. The minimum Gasteiger partial charge on any atom is -0.354 e. The lowest BCUT2D eigenvalue weighted by atomic mass is 10.1. The van der Waals surface area contributed by atoms with Gasteiger partial charge in [-0.05, 0) is 42.2 Å². The van der Waals surface area contributed by atoms with Gasteiger partial charge in [-0.25, -0.2) is 8.42 Å². The first-order chi connectivity index (χ1) is 16.7. The number of hydrogen-bond donors (Lipinski definition) is 1. The third-order valence-electron chi connectivity index (χ3n) is 5.27. The van der Waals surface area contributed by atoms with Gasteiger partial charge in [0.1, 0.15) is 12.6 Å². The molecule has 1 atom stereocenters. The minimum absolute atomic E-state index is 0.00525. The fraction of sp³-hybridized carbons (Fsp3) is 0.417. The van der Waals surface area contributed by atoms with Crippen LogP contribution in [-0.2, 0) is 26.2 Å². The van der Waals surface area contributed by atoms with Crippen LogP contribution in [0.4, 0.5) is 5.69 Å². The lowest BCUT2D eigenvalue weighted by molar-refractivity contribution is -0.140. The molecule has 0 fully saturated rings. The molecule has 0 aliphatic carbocycles. The van der Waals surface area contributed by atoms with Gasteiger partial charge in [0.25, 0.3) is 0 Å². The number of anilines is 1. The Balaban J connectivity index is 2.48. The lowest BCUT2D eigenvalue weighted by Gasteiger charge is -2.33. The maximum Gasteiger partial charge on any atom is 0.244 e. The summed E-state index contributed by atoms with van der Waals surface area (Å²) >= 11 is 24.4. The molecule has 7 nitrogen and oxygen atoms in total. The third kappa shape index (κ3) is 8.42. The molecule has 0 saturated heterocycles. The topological polar surface area (TPSA) is 86.8 Å². The zero-order valence-corrected chi connectivity index (χ0v) is 24.2. The molecule has 1 unspecified atom stereocenters. The van der Waals surface area contributed by atoms with E-state index in [1.807, 2.05) is 13.8 Å². The van der Waals surface area contributed by atoms with Crippen LogP contribution < -0.4 is 9.62 Å². The molecule has 0 aliphatic heterocycles. The summed E-state index contributed by atoms with van der Waals surface area (Å²) < 4.78 is 26.3. The highest BCUT2D eigenvalue weighted by Gasteiger charge is 2.32. The Bertz CT molecular complexity index is 1190. The average Bonchev–Trinajstić information content (AvgIpc) is 2.79. The van der Waals surface area contributed by atoms with Crippen LogP contribution in [0.2, 0.25) is 20.1 Å². The monoisotopic (exact) mass is 595 g/mol. The number of carbonyl (C=O) groups excluding carboxylic acids is 2. The Labute approximate surface area is 232 Å². The molecule has 0 aliphatic rings. The van der Waals surface area contributed by atoms with Crippen molar-refractivity contribution in [1.82, 2.24) is 10.2 Å². The smallest absolute Gasteiger partial charge is 0.244 e. The Morgan fingerprint density at radius 3 is 2.08 bits per heavy atom. The van der Waals surface area contributed by atoms with E-state index in [4.69, 9.17) is 46.4 Å². The molecule has 2 aromatic rings. The van der Waals surface area contributed by atoms with E-state index < -0.39 is 28.5 Å². The highest BCUT2D eigenvalue weighted by atomic mass is 35.5. The average molecular weight is 597 g/mol. The fourth-order valence-corrected chi connectivity index (χ4v) is 5.10. The Hall–Kier alpha value is -1.71. The van der Waals surface area contributed by atoms with Gasteiger partial charge in [-0.15, -0.1) is 0 Å². The highest BCUT2D eigenvalue weighted by molar-refractivity contribution is 7.92. The van der Waals surface area contributed by atoms with E-state index in [-0.39, 0.29) is 39.1 Å². The van der Waals surface area contributed by atoms with Crippen molar-refractivity contribution in [1.29, 1.82) is 0 Å². The molecule has 0 bridgehead atoms. The molecule has 2 rings (SSSR count). The van der Waals surface area contributed by atoms with Gasteiger partial charge in [-0.3, -0.25) is 13.9 Å². The second-order valence-electron chi connectivity index (χ2n) is 8.70. The molecule has 1 N–H and O–H groups in total. The van der Waals surface area contributed by atoms with Gasteiger partial charge >= 0.3 is 0 Å². The van der Waals surface area contributed by atoms with Crippen LogP contribution in [0.5, 0.6) is 0 Å². The normalized spacial score (nSPS) is 12.4. The number of nitrogens with one attached hydrogen (secondary N) is 1. The van der Waals surface area contributed by atoms with E-state index >= 15 is 0 Å². The first-order valence-corrected chi connectivity index (χ1v) is 14.5. The van der Waals surface area contributed by atoms with Gasteiger partial charge in [0.2, 0.25) is 21.8 Å². The second kappa shape index (κ2) is 13.2. The van der Waals surface area contributed by atoms with Crippen molar-refractivity contribution in [2.24, 2.45) is 5.92 Å². The summed E-state index contributed by atoms with van der Waals surface area (Å²) in [7, 11) is -3.97. The quantitative estimate of drug-likeness (QED) is 0.340. The van der Waals surface area contributed by atoms with Crippen LogP contribution in [-0.4, -0.2) is 50.5 Å². The zero-order valence-electron chi connectivity index (χ0n) is 20.4. The predicted molar refractivity (Wildman–Crippen MR) is 148 cm³/mol. The van der Waals surface area contributed by atoms with Crippen molar-refractivity contribution in [3.8, 4) is 0 Å². The van der Waals surface area contributed by atoms with Gasteiger partial charge in [0.05, 0.1) is 27.0 Å². The van der Waals surface area contributed by atoms with Crippen LogP contribution in [0.3, 0.4) is 0 Å². The predicted octanol–water partition coefficient (Wildman–Crippen LogP) is 5.65. The Kier molecular flexibility index (Phi) is 11.2. The van der Waals surface area contributed by atoms with Crippen molar-refractivity contribution in [3.05, 3.63) is 62.1 Å². The van der Waals surface area contributed by atoms with Gasteiger partial charge in [0.15, 0.2) is 0 Å². The number of carbonyl (C=O) groups is 2. The maximum absolute atomic E-state index is 13.7. The standard InChI is InChI=1S/C24H29Cl4N3O4S/c1-5-21(24(33)29-12-15(2)3)30(13-16-6-8-17(25)9-7-16)23(32)14-31(36(4,34)35)22-11-19(27)18(26)10-20(22)28/h6-11,15,21H,5,12-14H2,1-4H3,(H,29,33). The van der Waals surface area contributed by atoms with Crippen molar-refractivity contribution < 1.29 is 18.0 Å². The molecule has 198 valence electrons. The number of sulfonamides is 1.